The quantitative estimate of drug-likeness (QED) is 0.784. The Kier molecular flexibility index (Phi) is 3.91. The van der Waals surface area contributed by atoms with E-state index >= 15 is 0 Å². The second-order valence-electron chi connectivity index (χ2n) is 5.17. The Morgan fingerprint density at radius 1 is 1.36 bits per heavy atom. The molecule has 0 bridgehead atoms. The zero-order chi connectivity index (χ0) is 15.5. The number of rotatable bonds is 5. The zero-order valence-electron chi connectivity index (χ0n) is 12.7. The van der Waals surface area contributed by atoms with Gasteiger partial charge >= 0.3 is 0 Å². The van der Waals surface area contributed by atoms with E-state index in [-0.39, 0.29) is 12.3 Å². The standard InChI is InChI=1S/C16H18N4O2/c1-3-20-15-7-5-4-6-13(15)14(18-20)10-17-16(21)9-12-8-11(2)19-22-12/h4-8H,3,9-10H2,1-2H3,(H,17,21). The number of carbonyl (C=O) groups excluding carboxylic acids is 1. The van der Waals surface area contributed by atoms with Gasteiger partial charge in [-0.15, -0.1) is 0 Å². The van der Waals surface area contributed by atoms with E-state index in [1.54, 1.807) is 6.07 Å². The fourth-order valence-corrected chi connectivity index (χ4v) is 2.47. The fraction of sp³-hybridized carbons (Fsp3) is 0.312. The van der Waals surface area contributed by atoms with Crippen LogP contribution in [0.5, 0.6) is 0 Å². The van der Waals surface area contributed by atoms with E-state index in [1.807, 2.05) is 42.8 Å². The first kappa shape index (κ1) is 14.3. The molecule has 114 valence electrons. The fourth-order valence-electron chi connectivity index (χ4n) is 2.47. The van der Waals surface area contributed by atoms with Crippen LogP contribution in [0.25, 0.3) is 10.9 Å². The number of aryl methyl sites for hydroxylation is 2. The summed E-state index contributed by atoms with van der Waals surface area (Å²) < 4.78 is 6.99. The Morgan fingerprint density at radius 2 is 2.18 bits per heavy atom. The van der Waals surface area contributed by atoms with Crippen molar-refractivity contribution in [3.05, 3.63) is 47.5 Å². The molecule has 3 aromatic rings. The lowest BCUT2D eigenvalue weighted by Crippen LogP contribution is -2.24. The molecule has 1 N–H and O–H groups in total. The highest BCUT2D eigenvalue weighted by atomic mass is 16.5. The van der Waals surface area contributed by atoms with E-state index < -0.39 is 0 Å². The van der Waals surface area contributed by atoms with Crippen LogP contribution in [-0.2, 0) is 24.3 Å². The largest absolute Gasteiger partial charge is 0.361 e. The van der Waals surface area contributed by atoms with Crippen molar-refractivity contribution in [3.63, 3.8) is 0 Å². The number of benzene rings is 1. The zero-order valence-corrected chi connectivity index (χ0v) is 12.7. The summed E-state index contributed by atoms with van der Waals surface area (Å²) in [5.74, 6) is 0.463. The first-order chi connectivity index (χ1) is 10.7. The molecule has 6 heteroatoms. The second kappa shape index (κ2) is 6.01. The molecule has 22 heavy (non-hydrogen) atoms. The molecule has 1 aromatic carbocycles. The van der Waals surface area contributed by atoms with Gasteiger partial charge in [0.05, 0.1) is 29.9 Å². The number of hydrogen-bond donors (Lipinski definition) is 1. The Labute approximate surface area is 128 Å². The summed E-state index contributed by atoms with van der Waals surface area (Å²) in [5.41, 5.74) is 2.73. The van der Waals surface area contributed by atoms with Crippen LogP contribution in [0.2, 0.25) is 0 Å². The van der Waals surface area contributed by atoms with E-state index in [2.05, 4.69) is 15.6 Å². The SMILES string of the molecule is CCn1nc(CNC(=O)Cc2cc(C)no2)c2ccccc21. The third-order valence-corrected chi connectivity index (χ3v) is 3.50. The monoisotopic (exact) mass is 298 g/mol. The minimum Gasteiger partial charge on any atom is -0.361 e. The summed E-state index contributed by atoms with van der Waals surface area (Å²) in [5, 5.41) is 12.3. The van der Waals surface area contributed by atoms with Crippen LogP contribution in [0.4, 0.5) is 0 Å². The van der Waals surface area contributed by atoms with Crippen molar-refractivity contribution in [2.75, 3.05) is 0 Å². The van der Waals surface area contributed by atoms with Gasteiger partial charge in [0.15, 0.2) is 0 Å². The van der Waals surface area contributed by atoms with Crippen LogP contribution in [0, 0.1) is 6.92 Å². The van der Waals surface area contributed by atoms with E-state index in [0.717, 1.165) is 28.8 Å². The number of carbonyl (C=O) groups is 1. The molecule has 0 aliphatic rings. The van der Waals surface area contributed by atoms with E-state index in [1.165, 1.54) is 0 Å². The van der Waals surface area contributed by atoms with Crippen molar-refractivity contribution in [1.29, 1.82) is 0 Å². The predicted molar refractivity (Wildman–Crippen MR) is 82.2 cm³/mol. The molecule has 0 saturated carbocycles. The van der Waals surface area contributed by atoms with Crippen molar-refractivity contribution in [2.45, 2.75) is 33.4 Å². The molecule has 2 aromatic heterocycles. The third kappa shape index (κ3) is 2.86. The lowest BCUT2D eigenvalue weighted by Gasteiger charge is -2.01. The molecular formula is C16H18N4O2. The van der Waals surface area contributed by atoms with Gasteiger partial charge in [0.25, 0.3) is 0 Å². The summed E-state index contributed by atoms with van der Waals surface area (Å²) in [4.78, 5) is 12.0. The van der Waals surface area contributed by atoms with Crippen molar-refractivity contribution in [3.8, 4) is 0 Å². The lowest BCUT2D eigenvalue weighted by molar-refractivity contribution is -0.120. The van der Waals surface area contributed by atoms with Crippen molar-refractivity contribution < 1.29 is 9.32 Å². The number of para-hydroxylation sites is 1. The average Bonchev–Trinajstić information content (AvgIpc) is 3.09. The smallest absolute Gasteiger partial charge is 0.228 e. The average molecular weight is 298 g/mol. The summed E-state index contributed by atoms with van der Waals surface area (Å²) in [6.45, 7) is 5.08. The minimum atomic E-state index is -0.105. The number of amides is 1. The van der Waals surface area contributed by atoms with Crippen LogP contribution < -0.4 is 5.32 Å². The molecule has 0 saturated heterocycles. The third-order valence-electron chi connectivity index (χ3n) is 3.50. The van der Waals surface area contributed by atoms with Gasteiger partial charge in [-0.05, 0) is 19.9 Å². The van der Waals surface area contributed by atoms with Gasteiger partial charge in [0, 0.05) is 18.0 Å². The van der Waals surface area contributed by atoms with Gasteiger partial charge < -0.3 is 9.84 Å². The highest BCUT2D eigenvalue weighted by Crippen LogP contribution is 2.18. The number of fused-ring (bicyclic) bond motifs is 1. The molecule has 0 aliphatic carbocycles. The number of hydrogen-bond acceptors (Lipinski definition) is 4. The molecule has 0 atom stereocenters. The Balaban J connectivity index is 1.70. The lowest BCUT2D eigenvalue weighted by atomic mass is 10.2. The normalized spacial score (nSPS) is 11.0. The maximum Gasteiger partial charge on any atom is 0.228 e. The van der Waals surface area contributed by atoms with Crippen molar-refractivity contribution >= 4 is 16.8 Å². The molecule has 0 radical (unpaired) electrons. The number of nitrogens with zero attached hydrogens (tertiary/aromatic N) is 3. The highest BCUT2D eigenvalue weighted by molar-refractivity contribution is 5.83. The number of nitrogens with one attached hydrogen (secondary N) is 1. The maximum atomic E-state index is 12.0. The Morgan fingerprint density at radius 3 is 2.91 bits per heavy atom. The molecule has 6 nitrogen and oxygen atoms in total. The Bertz CT molecular complexity index is 803. The summed E-state index contributed by atoms with van der Waals surface area (Å²) in [6, 6.07) is 9.79. The van der Waals surface area contributed by atoms with Gasteiger partial charge in [-0.1, -0.05) is 23.4 Å². The first-order valence-corrected chi connectivity index (χ1v) is 7.30. The molecule has 2 heterocycles. The number of aromatic nitrogens is 3. The Hall–Kier alpha value is -2.63. The molecule has 0 aliphatic heterocycles. The summed E-state index contributed by atoms with van der Waals surface area (Å²) >= 11 is 0. The van der Waals surface area contributed by atoms with Gasteiger partial charge in [-0.25, -0.2) is 0 Å². The van der Waals surface area contributed by atoms with Crippen molar-refractivity contribution in [1.82, 2.24) is 20.3 Å². The van der Waals surface area contributed by atoms with Gasteiger partial charge in [0.2, 0.25) is 5.91 Å². The highest BCUT2D eigenvalue weighted by Gasteiger charge is 2.12. The van der Waals surface area contributed by atoms with Crippen LogP contribution in [-0.4, -0.2) is 20.8 Å². The van der Waals surface area contributed by atoms with Gasteiger partial charge in [-0.2, -0.15) is 5.10 Å². The van der Waals surface area contributed by atoms with Crippen LogP contribution in [0.15, 0.2) is 34.9 Å². The van der Waals surface area contributed by atoms with Crippen molar-refractivity contribution in [2.24, 2.45) is 0 Å². The van der Waals surface area contributed by atoms with Gasteiger partial charge in [-0.3, -0.25) is 9.48 Å². The minimum absolute atomic E-state index is 0.105. The molecular weight excluding hydrogens is 280 g/mol. The first-order valence-electron chi connectivity index (χ1n) is 7.30. The summed E-state index contributed by atoms with van der Waals surface area (Å²) in [7, 11) is 0. The van der Waals surface area contributed by atoms with Crippen LogP contribution in [0.1, 0.15) is 24.1 Å². The molecule has 3 rings (SSSR count). The van der Waals surface area contributed by atoms with Gasteiger partial charge in [0.1, 0.15) is 5.76 Å². The van der Waals surface area contributed by atoms with E-state index in [4.69, 9.17) is 4.52 Å². The molecule has 0 fully saturated rings. The second-order valence-corrected chi connectivity index (χ2v) is 5.17. The van der Waals surface area contributed by atoms with Crippen LogP contribution >= 0.6 is 0 Å². The van der Waals surface area contributed by atoms with Crippen LogP contribution in [0.3, 0.4) is 0 Å². The predicted octanol–water partition coefficient (Wildman–Crippen LogP) is 2.21. The molecule has 0 unspecified atom stereocenters. The van der Waals surface area contributed by atoms with E-state index in [9.17, 15) is 4.79 Å². The maximum absolute atomic E-state index is 12.0. The molecule has 0 spiro atoms. The topological polar surface area (TPSA) is 73.0 Å². The molecule has 1 amide bonds. The van der Waals surface area contributed by atoms with E-state index in [0.29, 0.717) is 12.3 Å². The summed E-state index contributed by atoms with van der Waals surface area (Å²) in [6.07, 6.45) is 0.188.